The van der Waals surface area contributed by atoms with Crippen LogP contribution in [0.2, 0.25) is 0 Å². The number of hydroxylamine groups is 1. The minimum atomic E-state index is -1.67. The Morgan fingerprint density at radius 3 is 1.70 bits per heavy atom. The van der Waals surface area contributed by atoms with E-state index in [0.29, 0.717) is 95.5 Å². The smallest absolute Gasteiger partial charge is 0.548 e. The number of carboxylic acid groups (broad SMARTS) is 4. The molecular weight excluding hydrogens is 910 g/mol. The minimum Gasteiger partial charge on any atom is -0.548 e. The van der Waals surface area contributed by atoms with Gasteiger partial charge < -0.3 is 59.8 Å². The maximum atomic E-state index is 13.3. The van der Waals surface area contributed by atoms with E-state index in [4.69, 9.17) is 19.8 Å². The van der Waals surface area contributed by atoms with Gasteiger partial charge in [0.25, 0.3) is 0 Å². The summed E-state index contributed by atoms with van der Waals surface area (Å²) < 4.78 is 0. The number of aliphatic imine (C=N–C) groups is 3. The Morgan fingerprint density at radius 2 is 1.19 bits per heavy atom. The first-order chi connectivity index (χ1) is 29.7. The molecular formula is C44H45N7Na4O12. The van der Waals surface area contributed by atoms with Gasteiger partial charge in [0.1, 0.15) is 5.60 Å². The molecule has 67 heavy (non-hydrogen) atoms. The standard InChI is InChI=1S/C44H49N7O12.4Na/c1-7-26-23(3)30-15-31-24(4)27(9-11-38(52)50(19-40(54)55)20-41(56)57)33(46-31)17-34-28(10-12-39(53)51(21-42(58)59)22-43(60)61)25(5)32(47-34)16-36-29(13-14-45-63-8-2)44(6,62)37(49-36)18-35(26)48-30;;;;/h7,13-18,45,49,62H,1,8-12,19-22H2,2-6H3,(H,54,55)(H,56,57)(H,58,59)(H,60,61);;;;/q;4*+1/p-4/b14-13+,30-15?,32-16?,33-17?,37-18?;;;;. The van der Waals surface area contributed by atoms with Gasteiger partial charge in [0.15, 0.2) is 0 Å². The second-order valence-corrected chi connectivity index (χ2v) is 15.0. The van der Waals surface area contributed by atoms with Crippen LogP contribution in [0.4, 0.5) is 0 Å². The molecule has 5 heterocycles. The summed E-state index contributed by atoms with van der Waals surface area (Å²) >= 11 is 0. The van der Waals surface area contributed by atoms with Gasteiger partial charge in [-0.15, -0.1) is 0 Å². The third kappa shape index (κ3) is 15.4. The van der Waals surface area contributed by atoms with Crippen molar-refractivity contribution in [1.82, 2.24) is 20.6 Å². The number of aliphatic hydroxyl groups is 1. The van der Waals surface area contributed by atoms with Gasteiger partial charge >= 0.3 is 118 Å². The van der Waals surface area contributed by atoms with Gasteiger partial charge in [0, 0.05) is 35.9 Å². The number of amides is 2. The van der Waals surface area contributed by atoms with Crippen molar-refractivity contribution in [2.24, 2.45) is 15.0 Å². The predicted molar refractivity (Wildman–Crippen MR) is 219 cm³/mol. The Morgan fingerprint density at radius 1 is 0.716 bits per heavy atom. The molecule has 0 aromatic carbocycles. The molecule has 0 aromatic rings. The zero-order valence-corrected chi connectivity index (χ0v) is 47.3. The molecule has 2 amide bonds. The van der Waals surface area contributed by atoms with Crippen molar-refractivity contribution in [3.8, 4) is 0 Å². The monoisotopic (exact) mass is 955 g/mol. The van der Waals surface area contributed by atoms with Crippen LogP contribution < -0.4 is 149 Å². The third-order valence-corrected chi connectivity index (χ3v) is 10.7. The molecule has 0 aliphatic carbocycles. The van der Waals surface area contributed by atoms with Crippen molar-refractivity contribution in [2.75, 3.05) is 32.8 Å². The first-order valence-corrected chi connectivity index (χ1v) is 19.8. The van der Waals surface area contributed by atoms with Crippen LogP contribution in [0.25, 0.3) is 0 Å². The fourth-order valence-corrected chi connectivity index (χ4v) is 7.45. The van der Waals surface area contributed by atoms with Crippen molar-refractivity contribution in [2.45, 2.75) is 65.9 Å². The number of fused-ring (bicyclic) bond motifs is 5. The SMILES string of the molecule is C=CC1=C(C)C2=CC3=NC(=CC4=NC(=CC5=C(/C=C/NOCC)C(C)(O)C(=CC1=N2)N5)C(C)=C4CCC(=O)N(CC(=O)[O-])CC(=O)[O-])C(CCC(=O)N(CC(=O)[O-])CC(=O)[O-])=C3C.[Na+].[Na+].[Na+].[Na+]. The van der Waals surface area contributed by atoms with E-state index in [1.165, 1.54) is 6.20 Å². The van der Waals surface area contributed by atoms with Crippen molar-refractivity contribution in [3.05, 3.63) is 117 Å². The van der Waals surface area contributed by atoms with Gasteiger partial charge in [-0.25, -0.2) is 15.0 Å². The third-order valence-electron chi connectivity index (χ3n) is 10.7. The molecule has 0 radical (unpaired) electrons. The Hall–Kier alpha value is -3.25. The van der Waals surface area contributed by atoms with E-state index >= 15 is 0 Å². The second kappa shape index (κ2) is 27.2. The van der Waals surface area contributed by atoms with Crippen LogP contribution in [0.1, 0.15) is 60.3 Å². The van der Waals surface area contributed by atoms with Crippen LogP contribution in [0, 0.1) is 0 Å². The summed E-state index contributed by atoms with van der Waals surface area (Å²) in [4.78, 5) is 93.4. The Balaban J connectivity index is 0.00000561. The summed E-state index contributed by atoms with van der Waals surface area (Å²) in [5.41, 5.74) is 8.28. The van der Waals surface area contributed by atoms with Crippen molar-refractivity contribution < 1.29 is 177 Å². The molecule has 5 aliphatic heterocycles. The number of hydrogen-bond donors (Lipinski definition) is 3. The normalized spacial score (nSPS) is 18.1. The zero-order valence-electron chi connectivity index (χ0n) is 39.3. The van der Waals surface area contributed by atoms with E-state index in [9.17, 15) is 54.3 Å². The van der Waals surface area contributed by atoms with Crippen LogP contribution in [0.3, 0.4) is 0 Å². The summed E-state index contributed by atoms with van der Waals surface area (Å²) in [7, 11) is 0. The maximum Gasteiger partial charge on any atom is 1.00 e. The quantitative estimate of drug-likeness (QED) is 0.0616. The number of nitrogens with zero attached hydrogens (tertiary/aromatic N) is 5. The molecule has 5 aliphatic rings. The predicted octanol–water partition coefficient (Wildman–Crippen LogP) is -14.1. The molecule has 0 spiro atoms. The minimum absolute atomic E-state index is 0. The average molecular weight is 956 g/mol. The number of hydrogen-bond acceptors (Lipinski definition) is 17. The van der Waals surface area contributed by atoms with E-state index in [1.54, 1.807) is 64.2 Å². The number of carboxylic acids is 4. The van der Waals surface area contributed by atoms with Gasteiger partial charge in [0.2, 0.25) is 11.8 Å². The number of nitrogens with one attached hydrogen (secondary N) is 2. The number of allylic oxidation sites excluding steroid dienone is 11. The van der Waals surface area contributed by atoms with Gasteiger partial charge in [-0.2, -0.15) is 0 Å². The first kappa shape index (κ1) is 61.8. The number of rotatable bonds is 19. The molecule has 1 unspecified atom stereocenters. The fraction of sp³-hybridized carbons (Fsp3) is 0.341. The van der Waals surface area contributed by atoms with Crippen molar-refractivity contribution >= 4 is 52.8 Å². The molecule has 0 fully saturated rings. The van der Waals surface area contributed by atoms with Crippen molar-refractivity contribution in [3.63, 3.8) is 0 Å². The topological polar surface area (TPSA) is 292 Å². The van der Waals surface area contributed by atoms with E-state index in [2.05, 4.69) is 17.4 Å². The van der Waals surface area contributed by atoms with E-state index in [1.807, 2.05) is 6.92 Å². The largest absolute Gasteiger partial charge is 1.00 e. The number of aliphatic carboxylic acids is 4. The van der Waals surface area contributed by atoms with Crippen LogP contribution in [0.15, 0.2) is 132 Å². The molecule has 332 valence electrons. The van der Waals surface area contributed by atoms with Gasteiger partial charge in [-0.1, -0.05) is 12.7 Å². The summed E-state index contributed by atoms with van der Waals surface area (Å²) in [5, 5.41) is 61.0. The molecule has 23 heteroatoms. The van der Waals surface area contributed by atoms with Crippen LogP contribution in [0.5, 0.6) is 0 Å². The van der Waals surface area contributed by atoms with E-state index in [-0.39, 0.29) is 144 Å². The van der Waals surface area contributed by atoms with Crippen LogP contribution in [-0.4, -0.2) is 106 Å². The molecule has 19 nitrogen and oxygen atoms in total. The second-order valence-electron chi connectivity index (χ2n) is 15.0. The maximum absolute atomic E-state index is 13.3. The Labute approximate surface area is 475 Å². The molecule has 1 atom stereocenters. The van der Waals surface area contributed by atoms with Gasteiger partial charge in [-0.3, -0.25) is 19.9 Å². The van der Waals surface area contributed by atoms with Crippen LogP contribution >= 0.6 is 0 Å². The molecule has 0 saturated heterocycles. The molecule has 3 N–H and O–H groups in total. The zero-order chi connectivity index (χ0) is 46.3. The van der Waals surface area contributed by atoms with Gasteiger partial charge in [0.05, 0.1) is 96.6 Å². The summed E-state index contributed by atoms with van der Waals surface area (Å²) in [5.74, 6) is -8.28. The fourth-order valence-electron chi connectivity index (χ4n) is 7.45. The Kier molecular flexibility index (Phi) is 25.1. The average Bonchev–Trinajstić information content (AvgIpc) is 3.84. The summed E-state index contributed by atoms with van der Waals surface area (Å²) in [6, 6.07) is 0. The molecule has 5 rings (SSSR count). The Bertz CT molecular complexity index is 2440. The molecule has 0 saturated carbocycles. The van der Waals surface area contributed by atoms with Gasteiger partial charge in [-0.05, 0) is 106 Å². The number of carbonyl (C=O) groups is 6. The van der Waals surface area contributed by atoms with E-state index in [0.717, 1.165) is 5.57 Å². The van der Waals surface area contributed by atoms with Crippen LogP contribution in [-0.2, 0) is 33.6 Å². The summed E-state index contributed by atoms with van der Waals surface area (Å²) in [6.07, 6.45) is 10.7. The molecule has 0 aromatic heterocycles. The van der Waals surface area contributed by atoms with E-state index < -0.39 is 67.5 Å². The van der Waals surface area contributed by atoms with Crippen molar-refractivity contribution in [1.29, 1.82) is 0 Å². The molecule has 8 bridgehead atoms. The number of carbonyl (C=O) groups excluding carboxylic acids is 6. The first-order valence-electron chi connectivity index (χ1n) is 19.8. The summed E-state index contributed by atoms with van der Waals surface area (Å²) in [6.45, 7) is 9.16.